The second-order valence-corrected chi connectivity index (χ2v) is 5.12. The molecular weight excluding hydrogens is 236 g/mol. The summed E-state index contributed by atoms with van der Waals surface area (Å²) in [7, 11) is 2.11. The first kappa shape index (κ1) is 13.9. The molecule has 0 saturated heterocycles. The molecule has 1 aromatic carbocycles. The van der Waals surface area contributed by atoms with Crippen LogP contribution in [0.15, 0.2) is 18.2 Å². The number of anilines is 1. The van der Waals surface area contributed by atoms with Crippen molar-refractivity contribution in [1.82, 2.24) is 9.55 Å². The van der Waals surface area contributed by atoms with E-state index in [-0.39, 0.29) is 0 Å². The molecule has 2 aromatic rings. The second-order valence-electron chi connectivity index (χ2n) is 5.12. The number of hydrogen-bond acceptors (Lipinski definition) is 3. The van der Waals surface area contributed by atoms with Gasteiger partial charge in [-0.2, -0.15) is 0 Å². The molecule has 4 nitrogen and oxygen atoms in total. The summed E-state index contributed by atoms with van der Waals surface area (Å²) in [6, 6.07) is 6.41. The quantitative estimate of drug-likeness (QED) is 0.868. The van der Waals surface area contributed by atoms with Crippen molar-refractivity contribution >= 4 is 17.0 Å². The standard InChI is InChI=1S/C15H24N4/c1-4-5-9-18(3)15-17-13-11-12(2)6-7-14(13)19(15)10-8-16/h6-7,11H,4-5,8-10,16H2,1-3H3. The Morgan fingerprint density at radius 1 is 1.37 bits per heavy atom. The zero-order chi connectivity index (χ0) is 13.8. The first-order valence-corrected chi connectivity index (χ1v) is 7.05. The zero-order valence-corrected chi connectivity index (χ0v) is 12.2. The highest BCUT2D eigenvalue weighted by atomic mass is 15.3. The molecule has 0 aliphatic carbocycles. The SMILES string of the molecule is CCCCN(C)c1nc2cc(C)ccc2n1CCN. The highest BCUT2D eigenvalue weighted by molar-refractivity contribution is 5.79. The van der Waals surface area contributed by atoms with Gasteiger partial charge in [0, 0.05) is 26.7 Å². The van der Waals surface area contributed by atoms with Crippen LogP contribution in [0.5, 0.6) is 0 Å². The predicted molar refractivity (Wildman–Crippen MR) is 81.7 cm³/mol. The summed E-state index contributed by atoms with van der Waals surface area (Å²) >= 11 is 0. The Kier molecular flexibility index (Phi) is 4.43. The van der Waals surface area contributed by atoms with Gasteiger partial charge in [0.25, 0.3) is 0 Å². The molecule has 1 aromatic heterocycles. The molecule has 4 heteroatoms. The van der Waals surface area contributed by atoms with E-state index in [2.05, 4.69) is 48.6 Å². The number of nitrogens with zero attached hydrogens (tertiary/aromatic N) is 3. The van der Waals surface area contributed by atoms with E-state index in [1.807, 2.05) is 0 Å². The fraction of sp³-hybridized carbons (Fsp3) is 0.533. The fourth-order valence-corrected chi connectivity index (χ4v) is 2.36. The molecule has 0 aliphatic heterocycles. The Hall–Kier alpha value is -1.55. The van der Waals surface area contributed by atoms with Crippen LogP contribution in [0.3, 0.4) is 0 Å². The predicted octanol–water partition coefficient (Wildman–Crippen LogP) is 2.54. The van der Waals surface area contributed by atoms with Crippen LogP contribution in [0.2, 0.25) is 0 Å². The maximum Gasteiger partial charge on any atom is 0.206 e. The number of fused-ring (bicyclic) bond motifs is 1. The average molecular weight is 260 g/mol. The number of imidazole rings is 1. The van der Waals surface area contributed by atoms with Gasteiger partial charge >= 0.3 is 0 Å². The minimum absolute atomic E-state index is 0.633. The third kappa shape index (κ3) is 2.89. The van der Waals surface area contributed by atoms with Gasteiger partial charge in [0.15, 0.2) is 0 Å². The van der Waals surface area contributed by atoms with Crippen LogP contribution in [0.25, 0.3) is 11.0 Å². The first-order valence-electron chi connectivity index (χ1n) is 7.05. The van der Waals surface area contributed by atoms with Crippen molar-refractivity contribution in [3.8, 4) is 0 Å². The van der Waals surface area contributed by atoms with Crippen molar-refractivity contribution in [3.63, 3.8) is 0 Å². The van der Waals surface area contributed by atoms with Crippen LogP contribution in [-0.2, 0) is 6.54 Å². The smallest absolute Gasteiger partial charge is 0.206 e. The van der Waals surface area contributed by atoms with Gasteiger partial charge in [-0.25, -0.2) is 4.98 Å². The van der Waals surface area contributed by atoms with E-state index in [1.165, 1.54) is 23.9 Å². The number of aromatic nitrogens is 2. The minimum atomic E-state index is 0.633. The Labute approximate surface area is 115 Å². The van der Waals surface area contributed by atoms with Crippen LogP contribution < -0.4 is 10.6 Å². The van der Waals surface area contributed by atoms with Gasteiger partial charge in [0.05, 0.1) is 11.0 Å². The van der Waals surface area contributed by atoms with E-state index in [0.717, 1.165) is 24.6 Å². The number of benzene rings is 1. The normalized spacial score (nSPS) is 11.2. The van der Waals surface area contributed by atoms with Gasteiger partial charge in [0.1, 0.15) is 0 Å². The molecule has 0 saturated carbocycles. The third-order valence-corrected chi connectivity index (χ3v) is 3.42. The summed E-state index contributed by atoms with van der Waals surface area (Å²) in [6.07, 6.45) is 2.38. The van der Waals surface area contributed by atoms with E-state index in [4.69, 9.17) is 10.7 Å². The van der Waals surface area contributed by atoms with Gasteiger partial charge in [-0.1, -0.05) is 19.4 Å². The topological polar surface area (TPSA) is 47.1 Å². The molecule has 0 atom stereocenters. The molecule has 0 unspecified atom stereocenters. The Morgan fingerprint density at radius 3 is 2.84 bits per heavy atom. The molecule has 104 valence electrons. The molecular formula is C15H24N4. The molecule has 0 radical (unpaired) electrons. The van der Waals surface area contributed by atoms with Gasteiger partial charge < -0.3 is 15.2 Å². The number of rotatable bonds is 6. The summed E-state index contributed by atoms with van der Waals surface area (Å²) in [5.74, 6) is 1.03. The zero-order valence-electron chi connectivity index (χ0n) is 12.2. The van der Waals surface area contributed by atoms with Crippen molar-refractivity contribution in [2.24, 2.45) is 5.73 Å². The van der Waals surface area contributed by atoms with Crippen molar-refractivity contribution in [2.75, 3.05) is 25.0 Å². The Morgan fingerprint density at radius 2 is 2.16 bits per heavy atom. The summed E-state index contributed by atoms with van der Waals surface area (Å²) in [5.41, 5.74) is 9.22. The van der Waals surface area contributed by atoms with Gasteiger partial charge in [-0.05, 0) is 31.0 Å². The lowest BCUT2D eigenvalue weighted by molar-refractivity contribution is 0.685. The minimum Gasteiger partial charge on any atom is -0.345 e. The lowest BCUT2D eigenvalue weighted by atomic mass is 10.2. The second kappa shape index (κ2) is 6.06. The van der Waals surface area contributed by atoms with E-state index in [0.29, 0.717) is 6.54 Å². The van der Waals surface area contributed by atoms with Gasteiger partial charge in [-0.3, -0.25) is 0 Å². The molecule has 0 amide bonds. The highest BCUT2D eigenvalue weighted by Gasteiger charge is 2.13. The number of aryl methyl sites for hydroxylation is 1. The molecule has 2 N–H and O–H groups in total. The van der Waals surface area contributed by atoms with Crippen LogP contribution in [0.1, 0.15) is 25.3 Å². The first-order chi connectivity index (χ1) is 9.17. The van der Waals surface area contributed by atoms with Crippen molar-refractivity contribution in [3.05, 3.63) is 23.8 Å². The molecule has 19 heavy (non-hydrogen) atoms. The highest BCUT2D eigenvalue weighted by Crippen LogP contribution is 2.23. The molecule has 0 fully saturated rings. The Bertz CT molecular complexity index is 544. The third-order valence-electron chi connectivity index (χ3n) is 3.42. The van der Waals surface area contributed by atoms with E-state index in [9.17, 15) is 0 Å². The number of nitrogens with two attached hydrogens (primary N) is 1. The van der Waals surface area contributed by atoms with E-state index < -0.39 is 0 Å². The molecule has 0 spiro atoms. The number of hydrogen-bond donors (Lipinski definition) is 1. The molecule has 0 aliphatic rings. The molecule has 0 bridgehead atoms. The summed E-state index contributed by atoms with van der Waals surface area (Å²) < 4.78 is 2.23. The maximum absolute atomic E-state index is 5.74. The summed E-state index contributed by atoms with van der Waals surface area (Å²) in [4.78, 5) is 7.01. The van der Waals surface area contributed by atoms with Gasteiger partial charge in [-0.15, -0.1) is 0 Å². The lowest BCUT2D eigenvalue weighted by Crippen LogP contribution is -2.24. The van der Waals surface area contributed by atoms with Crippen LogP contribution in [0.4, 0.5) is 5.95 Å². The average Bonchev–Trinajstić information content (AvgIpc) is 2.74. The van der Waals surface area contributed by atoms with Crippen LogP contribution in [-0.4, -0.2) is 29.7 Å². The van der Waals surface area contributed by atoms with Gasteiger partial charge in [0.2, 0.25) is 5.95 Å². The van der Waals surface area contributed by atoms with Crippen LogP contribution >= 0.6 is 0 Å². The number of unbranched alkanes of at least 4 members (excludes halogenated alkanes) is 1. The Balaban J connectivity index is 2.43. The van der Waals surface area contributed by atoms with Crippen molar-refractivity contribution < 1.29 is 0 Å². The molecule has 1 heterocycles. The molecule has 2 rings (SSSR count). The summed E-state index contributed by atoms with van der Waals surface area (Å²) in [5, 5.41) is 0. The summed E-state index contributed by atoms with van der Waals surface area (Å²) in [6.45, 7) is 6.78. The maximum atomic E-state index is 5.74. The van der Waals surface area contributed by atoms with E-state index in [1.54, 1.807) is 0 Å². The fourth-order valence-electron chi connectivity index (χ4n) is 2.36. The van der Waals surface area contributed by atoms with Crippen LogP contribution in [0, 0.1) is 6.92 Å². The van der Waals surface area contributed by atoms with E-state index >= 15 is 0 Å². The van der Waals surface area contributed by atoms with Crippen molar-refractivity contribution in [1.29, 1.82) is 0 Å². The lowest BCUT2D eigenvalue weighted by Gasteiger charge is -2.19. The van der Waals surface area contributed by atoms with Crippen molar-refractivity contribution in [2.45, 2.75) is 33.2 Å². The monoisotopic (exact) mass is 260 g/mol. The largest absolute Gasteiger partial charge is 0.345 e.